The number of anilines is 1. The van der Waals surface area contributed by atoms with Gasteiger partial charge in [-0.25, -0.2) is 0 Å². The molecular formula is C9H7N2O-. The fourth-order valence-electron chi connectivity index (χ4n) is 1.07. The van der Waals surface area contributed by atoms with Crippen molar-refractivity contribution >= 4 is 17.7 Å². The molecule has 0 saturated heterocycles. The van der Waals surface area contributed by atoms with Crippen molar-refractivity contribution in [2.45, 2.75) is 0 Å². The molecule has 3 heteroatoms. The maximum absolute atomic E-state index is 10.8. The van der Waals surface area contributed by atoms with Crippen LogP contribution in [0, 0.1) is 0 Å². The number of Topliss-reactive ketones (excluding diaryl/α,β-unsaturated/α-hetero) is 1. The topological polar surface area (TPSA) is 32.7 Å². The normalized spacial score (nSPS) is 15.7. The first-order chi connectivity index (χ1) is 5.86. The zero-order valence-electron chi connectivity index (χ0n) is 6.40. The van der Waals surface area contributed by atoms with E-state index in [4.69, 9.17) is 0 Å². The SMILES string of the molecule is O=C1[C-]=NN(c2ccccc2)C1. The second kappa shape index (κ2) is 2.77. The zero-order valence-corrected chi connectivity index (χ0v) is 6.40. The second-order valence-corrected chi connectivity index (χ2v) is 2.53. The minimum absolute atomic E-state index is 0.0705. The third kappa shape index (κ3) is 1.21. The number of nitrogens with zero attached hydrogens (tertiary/aromatic N) is 2. The Morgan fingerprint density at radius 3 is 2.67 bits per heavy atom. The number of rotatable bonds is 1. The summed E-state index contributed by atoms with van der Waals surface area (Å²) in [6, 6.07) is 9.56. The van der Waals surface area contributed by atoms with Crippen LogP contribution in [0.5, 0.6) is 0 Å². The van der Waals surface area contributed by atoms with Crippen LogP contribution in [0.2, 0.25) is 0 Å². The van der Waals surface area contributed by atoms with Gasteiger partial charge in [0.2, 0.25) is 0 Å². The molecule has 0 unspecified atom stereocenters. The first kappa shape index (κ1) is 7.03. The Labute approximate surface area is 70.3 Å². The highest BCUT2D eigenvalue weighted by molar-refractivity contribution is 6.31. The molecule has 0 saturated carbocycles. The summed E-state index contributed by atoms with van der Waals surface area (Å²) in [7, 11) is 0. The highest BCUT2D eigenvalue weighted by Gasteiger charge is 2.04. The number of benzene rings is 1. The van der Waals surface area contributed by atoms with Gasteiger partial charge in [0, 0.05) is 5.78 Å². The molecule has 1 heterocycles. The van der Waals surface area contributed by atoms with E-state index in [2.05, 4.69) is 11.3 Å². The molecule has 0 aromatic heterocycles. The van der Waals surface area contributed by atoms with E-state index in [1.165, 1.54) is 0 Å². The molecule has 1 aromatic rings. The maximum Gasteiger partial charge on any atom is 0.0681 e. The smallest absolute Gasteiger partial charge is 0.0681 e. The van der Waals surface area contributed by atoms with Gasteiger partial charge in [-0.15, -0.1) is 0 Å². The van der Waals surface area contributed by atoms with Crippen LogP contribution in [0.25, 0.3) is 0 Å². The fourth-order valence-corrected chi connectivity index (χ4v) is 1.07. The van der Waals surface area contributed by atoms with Crippen LogP contribution in [0.15, 0.2) is 35.4 Å². The monoisotopic (exact) mass is 159 g/mol. The van der Waals surface area contributed by atoms with E-state index in [9.17, 15) is 4.79 Å². The average Bonchev–Trinajstić information content (AvgIpc) is 2.54. The van der Waals surface area contributed by atoms with E-state index >= 15 is 0 Å². The maximum atomic E-state index is 10.8. The minimum Gasteiger partial charge on any atom is -0.390 e. The quantitative estimate of drug-likeness (QED) is 0.571. The number of ketones is 1. The molecular weight excluding hydrogens is 152 g/mol. The highest BCUT2D eigenvalue weighted by atomic mass is 16.1. The predicted octanol–water partition coefficient (Wildman–Crippen LogP) is 0.938. The number of hydrogen-bond acceptors (Lipinski definition) is 3. The Kier molecular flexibility index (Phi) is 1.63. The molecule has 0 spiro atoms. The zero-order chi connectivity index (χ0) is 8.39. The molecule has 0 atom stereocenters. The summed E-state index contributed by atoms with van der Waals surface area (Å²) in [5.74, 6) is -0.0705. The molecule has 12 heavy (non-hydrogen) atoms. The molecule has 0 radical (unpaired) electrons. The van der Waals surface area contributed by atoms with Crippen molar-refractivity contribution < 1.29 is 4.79 Å². The summed E-state index contributed by atoms with van der Waals surface area (Å²) in [5, 5.41) is 5.45. The van der Waals surface area contributed by atoms with Crippen molar-refractivity contribution in [1.29, 1.82) is 0 Å². The predicted molar refractivity (Wildman–Crippen MR) is 46.2 cm³/mol. The van der Waals surface area contributed by atoms with E-state index in [0.29, 0.717) is 6.54 Å². The Morgan fingerprint density at radius 1 is 1.33 bits per heavy atom. The summed E-state index contributed by atoms with van der Waals surface area (Å²) < 4.78 is 0. The van der Waals surface area contributed by atoms with Crippen molar-refractivity contribution in [3.8, 4) is 0 Å². The Morgan fingerprint density at radius 2 is 2.08 bits per heavy atom. The highest BCUT2D eigenvalue weighted by Crippen LogP contribution is 2.14. The molecule has 3 nitrogen and oxygen atoms in total. The first-order valence-corrected chi connectivity index (χ1v) is 3.68. The van der Waals surface area contributed by atoms with Crippen LogP contribution in [0.4, 0.5) is 5.69 Å². The van der Waals surface area contributed by atoms with Crippen LogP contribution in [-0.2, 0) is 4.79 Å². The van der Waals surface area contributed by atoms with Gasteiger partial charge in [-0.3, -0.25) is 11.2 Å². The summed E-state index contributed by atoms with van der Waals surface area (Å²) >= 11 is 0. The van der Waals surface area contributed by atoms with Gasteiger partial charge in [0.1, 0.15) is 0 Å². The van der Waals surface area contributed by atoms with Crippen molar-refractivity contribution in [2.24, 2.45) is 5.10 Å². The first-order valence-electron chi connectivity index (χ1n) is 3.68. The fraction of sp³-hybridized carbons (Fsp3) is 0.111. The van der Waals surface area contributed by atoms with E-state index < -0.39 is 0 Å². The molecule has 1 aromatic carbocycles. The van der Waals surface area contributed by atoms with Gasteiger partial charge in [-0.2, -0.15) is 0 Å². The van der Waals surface area contributed by atoms with E-state index in [-0.39, 0.29) is 5.78 Å². The van der Waals surface area contributed by atoms with Gasteiger partial charge in [0.05, 0.1) is 12.2 Å². The number of carbonyl (C=O) groups excluding carboxylic acids is 1. The Hall–Kier alpha value is -1.64. The van der Waals surface area contributed by atoms with Crippen molar-refractivity contribution in [3.05, 3.63) is 30.3 Å². The van der Waals surface area contributed by atoms with Crippen LogP contribution in [-0.4, -0.2) is 18.5 Å². The number of hydrogen-bond donors (Lipinski definition) is 0. The molecule has 0 amide bonds. The van der Waals surface area contributed by atoms with Crippen LogP contribution in [0.3, 0.4) is 0 Å². The number of hydrazone groups is 1. The lowest BCUT2D eigenvalue weighted by Crippen LogP contribution is -2.16. The molecule has 0 aliphatic carbocycles. The van der Waals surface area contributed by atoms with E-state index in [0.717, 1.165) is 5.69 Å². The summed E-state index contributed by atoms with van der Waals surface area (Å²) in [6.45, 7) is 0.310. The summed E-state index contributed by atoms with van der Waals surface area (Å²) in [6.07, 6.45) is 2.38. The largest absolute Gasteiger partial charge is 0.390 e. The van der Waals surface area contributed by atoms with Gasteiger partial charge >= 0.3 is 0 Å². The van der Waals surface area contributed by atoms with Gasteiger partial charge in [0.25, 0.3) is 0 Å². The van der Waals surface area contributed by atoms with Crippen molar-refractivity contribution in [3.63, 3.8) is 0 Å². The molecule has 1 aliphatic heterocycles. The van der Waals surface area contributed by atoms with Gasteiger partial charge in [-0.05, 0) is 12.1 Å². The summed E-state index contributed by atoms with van der Waals surface area (Å²) in [5.41, 5.74) is 0.927. The second-order valence-electron chi connectivity index (χ2n) is 2.53. The molecule has 0 fully saturated rings. The average molecular weight is 159 g/mol. The van der Waals surface area contributed by atoms with Crippen LogP contribution >= 0.6 is 0 Å². The summed E-state index contributed by atoms with van der Waals surface area (Å²) in [4.78, 5) is 10.8. The van der Waals surface area contributed by atoms with Crippen molar-refractivity contribution in [1.82, 2.24) is 0 Å². The van der Waals surface area contributed by atoms with Crippen LogP contribution < -0.4 is 5.01 Å². The van der Waals surface area contributed by atoms with Crippen LogP contribution in [0.1, 0.15) is 0 Å². The van der Waals surface area contributed by atoms with Gasteiger partial charge < -0.3 is 9.90 Å². The van der Waals surface area contributed by atoms with Crippen molar-refractivity contribution in [2.75, 3.05) is 11.6 Å². The molecule has 60 valence electrons. The third-order valence-electron chi connectivity index (χ3n) is 1.64. The molecule has 0 N–H and O–H groups in total. The van der Waals surface area contributed by atoms with Gasteiger partial charge in [-0.1, -0.05) is 18.2 Å². The lowest BCUT2D eigenvalue weighted by Gasteiger charge is -2.16. The number of carbonyl (C=O) groups is 1. The number of para-hydroxylation sites is 1. The Bertz CT molecular complexity index is 319. The van der Waals surface area contributed by atoms with E-state index in [1.807, 2.05) is 30.3 Å². The third-order valence-corrected chi connectivity index (χ3v) is 1.64. The minimum atomic E-state index is -0.0705. The standard InChI is InChI=1S/C9H7N2O/c12-9-6-10-11(7-9)8-4-2-1-3-5-8/h1-5H,7H2/q-1. The van der Waals surface area contributed by atoms with Gasteiger partial charge in [0.15, 0.2) is 0 Å². The van der Waals surface area contributed by atoms with E-state index in [1.54, 1.807) is 5.01 Å². The molecule has 0 bridgehead atoms. The molecule has 1 aliphatic rings. The lowest BCUT2D eigenvalue weighted by atomic mass is 10.3. The Balaban J connectivity index is 2.23. The lowest BCUT2D eigenvalue weighted by molar-refractivity contribution is -0.110. The molecule has 2 rings (SSSR count).